The van der Waals surface area contributed by atoms with Crippen LogP contribution in [0, 0.1) is 5.92 Å². The molecule has 2 heterocycles. The lowest BCUT2D eigenvalue weighted by Crippen LogP contribution is -2.41. The molecule has 3 atom stereocenters. The third-order valence-corrected chi connectivity index (χ3v) is 7.45. The maximum absolute atomic E-state index is 12.2. The van der Waals surface area contributed by atoms with Crippen molar-refractivity contribution in [1.82, 2.24) is 0 Å². The van der Waals surface area contributed by atoms with E-state index < -0.39 is 5.97 Å². The van der Waals surface area contributed by atoms with E-state index in [1.54, 1.807) is 0 Å². The van der Waals surface area contributed by atoms with Crippen LogP contribution < -0.4 is 0 Å². The molecule has 3 nitrogen and oxygen atoms in total. The van der Waals surface area contributed by atoms with Crippen molar-refractivity contribution in [2.75, 3.05) is 13.1 Å². The lowest BCUT2D eigenvalue weighted by molar-refractivity contribution is -0.846. The molecular weight excluding hydrogens is 358 g/mol. The summed E-state index contributed by atoms with van der Waals surface area (Å²) in [6, 6.07) is 17.8. The summed E-state index contributed by atoms with van der Waals surface area (Å²) >= 11 is 0. The molecule has 0 saturated carbocycles. The van der Waals surface area contributed by atoms with Gasteiger partial charge in [-0.3, -0.25) is 9.28 Å². The lowest BCUT2D eigenvalue weighted by atomic mass is 9.80. The van der Waals surface area contributed by atoms with E-state index in [1.807, 2.05) is 0 Å². The summed E-state index contributed by atoms with van der Waals surface area (Å²) in [6.07, 6.45) is 3.91. The van der Waals surface area contributed by atoms with Crippen LogP contribution in [0.1, 0.15) is 42.0 Å². The first-order valence-electron chi connectivity index (χ1n) is 9.93. The first-order chi connectivity index (χ1) is 12.7. The second kappa shape index (κ2) is 6.35. The summed E-state index contributed by atoms with van der Waals surface area (Å²) in [5.74, 6) is -0.857. The van der Waals surface area contributed by atoms with Crippen LogP contribution in [0.4, 0.5) is 0 Å². The molecule has 27 heavy (non-hydrogen) atoms. The molecule has 2 unspecified atom stereocenters. The van der Waals surface area contributed by atoms with Crippen molar-refractivity contribution in [3.05, 3.63) is 70.8 Å². The predicted molar refractivity (Wildman–Crippen MR) is 108 cm³/mol. The molecule has 0 bridgehead atoms. The zero-order chi connectivity index (χ0) is 17.9. The zero-order valence-corrected chi connectivity index (χ0v) is 16.5. The van der Waals surface area contributed by atoms with E-state index in [9.17, 15) is 9.90 Å². The summed E-state index contributed by atoms with van der Waals surface area (Å²) in [7, 11) is 0. The number of likely N-dealkylation sites (N-methyl/N-ethyl adjacent to an activating group) is 1. The third kappa shape index (κ3) is 2.16. The molecule has 3 aliphatic rings. The second-order valence-corrected chi connectivity index (χ2v) is 8.19. The van der Waals surface area contributed by atoms with E-state index in [2.05, 4.69) is 55.5 Å². The molecule has 2 saturated heterocycles. The van der Waals surface area contributed by atoms with Gasteiger partial charge in [0.25, 0.3) is 0 Å². The Bertz CT molecular complexity index is 848. The molecule has 142 valence electrons. The molecule has 2 aromatic rings. The molecule has 1 spiro atoms. The van der Waals surface area contributed by atoms with Gasteiger partial charge in [-0.1, -0.05) is 48.5 Å². The zero-order valence-electron chi connectivity index (χ0n) is 15.7. The lowest BCUT2D eigenvalue weighted by Gasteiger charge is -2.29. The number of aliphatic carboxylic acids is 1. The third-order valence-electron chi connectivity index (χ3n) is 7.45. The van der Waals surface area contributed by atoms with Gasteiger partial charge >= 0.3 is 5.97 Å². The monoisotopic (exact) mass is 384 g/mol. The molecule has 0 radical (unpaired) electrons. The minimum atomic E-state index is -0.610. The quantitative estimate of drug-likeness (QED) is 0.623. The van der Waals surface area contributed by atoms with Crippen molar-refractivity contribution in [3.63, 3.8) is 0 Å². The molecule has 2 aliphatic heterocycles. The summed E-state index contributed by atoms with van der Waals surface area (Å²) < 4.78 is 0.929. The van der Waals surface area contributed by atoms with Gasteiger partial charge in [0.2, 0.25) is 5.54 Å². The van der Waals surface area contributed by atoms with Gasteiger partial charge in [-0.25, -0.2) is 0 Å². The first kappa shape index (κ1) is 18.5. The number of carbonyl (C=O) groups is 1. The Kier molecular flexibility index (Phi) is 4.36. The summed E-state index contributed by atoms with van der Waals surface area (Å²) in [4.78, 5) is 12.2. The normalized spacial score (nSPS) is 29.5. The fourth-order valence-electron chi connectivity index (χ4n) is 6.55. The van der Waals surface area contributed by atoms with E-state index in [1.165, 1.54) is 22.3 Å². The molecule has 0 aromatic heterocycles. The molecule has 0 amide bonds. The van der Waals surface area contributed by atoms with Crippen molar-refractivity contribution in [3.8, 4) is 0 Å². The number of hydrogen-bond acceptors (Lipinski definition) is 1. The van der Waals surface area contributed by atoms with E-state index in [0.717, 1.165) is 43.3 Å². The fraction of sp³-hybridized carbons (Fsp3) is 0.435. The number of benzene rings is 2. The molecule has 4 heteroatoms. The van der Waals surface area contributed by atoms with Crippen molar-refractivity contribution >= 4 is 18.4 Å². The Hall–Kier alpha value is -1.84. The first-order valence-corrected chi connectivity index (χ1v) is 9.93. The SMILES string of the molecule is CC[N@@+]12CCCC(C(=O)O)C1C21c2ccccc2CCc2ccccc21.Cl. The number of hydrogen-bond donors (Lipinski definition) is 1. The second-order valence-electron chi connectivity index (χ2n) is 8.19. The largest absolute Gasteiger partial charge is 0.481 e. The highest BCUT2D eigenvalue weighted by molar-refractivity contribution is 5.85. The van der Waals surface area contributed by atoms with Gasteiger partial charge in [0.05, 0.1) is 13.1 Å². The van der Waals surface area contributed by atoms with E-state index in [0.29, 0.717) is 0 Å². The number of rotatable bonds is 2. The van der Waals surface area contributed by atoms with Gasteiger partial charge in [-0.05, 0) is 43.7 Å². The van der Waals surface area contributed by atoms with Crippen LogP contribution in [-0.4, -0.2) is 34.7 Å². The van der Waals surface area contributed by atoms with Crippen molar-refractivity contribution in [2.24, 2.45) is 5.92 Å². The molecule has 2 fully saturated rings. The summed E-state index contributed by atoms with van der Waals surface area (Å²) in [6.45, 7) is 4.34. The number of piperidine rings is 1. The Balaban J connectivity index is 0.00000180. The van der Waals surface area contributed by atoms with Crippen LogP contribution in [0.25, 0.3) is 0 Å². The van der Waals surface area contributed by atoms with E-state index >= 15 is 0 Å². The molecule has 2 aromatic carbocycles. The van der Waals surface area contributed by atoms with Crippen LogP contribution in [0.3, 0.4) is 0 Å². The maximum Gasteiger partial charge on any atom is 0.312 e. The Morgan fingerprint density at radius 1 is 1.07 bits per heavy atom. The molecule has 5 rings (SSSR count). The van der Waals surface area contributed by atoms with Gasteiger partial charge in [0, 0.05) is 11.1 Å². The highest BCUT2D eigenvalue weighted by Gasteiger charge is 2.84. The van der Waals surface area contributed by atoms with Crippen molar-refractivity contribution < 1.29 is 14.4 Å². The van der Waals surface area contributed by atoms with Crippen molar-refractivity contribution in [2.45, 2.75) is 44.2 Å². The number of carboxylic acid groups (broad SMARTS) is 1. The number of halogens is 1. The Labute approximate surface area is 167 Å². The number of fused-ring (bicyclic) bond motifs is 7. The summed E-state index contributed by atoms with van der Waals surface area (Å²) in [5, 5.41) is 10.0. The topological polar surface area (TPSA) is 37.3 Å². The van der Waals surface area contributed by atoms with Crippen LogP contribution >= 0.6 is 12.4 Å². The highest BCUT2D eigenvalue weighted by atomic mass is 35.5. The minimum absolute atomic E-state index is 0. The minimum Gasteiger partial charge on any atom is -0.481 e. The van der Waals surface area contributed by atoms with Gasteiger partial charge in [0.1, 0.15) is 5.92 Å². The molecular formula is C23H27ClNO2+. The highest BCUT2D eigenvalue weighted by Crippen LogP contribution is 2.68. The van der Waals surface area contributed by atoms with Crippen LogP contribution in [0.2, 0.25) is 0 Å². The standard InChI is InChI=1S/C23H25NO2.ClH/c1-2-24-15-7-10-18(22(25)26)21(24)23(24)19-11-5-3-8-16(19)13-14-17-9-4-6-12-20(17)23;/h3-6,8-9,11-12,18,21H,2,7,10,13-15H2,1H3;1H/p+1/t18?,21?,24-;/m1./s1. The number of carboxylic acids is 1. The van der Waals surface area contributed by atoms with Gasteiger partial charge in [0.15, 0.2) is 6.04 Å². The Morgan fingerprint density at radius 3 is 2.15 bits per heavy atom. The number of aryl methyl sites for hydroxylation is 2. The smallest absolute Gasteiger partial charge is 0.312 e. The predicted octanol–water partition coefficient (Wildman–Crippen LogP) is 4.16. The van der Waals surface area contributed by atoms with Crippen LogP contribution in [0.15, 0.2) is 48.5 Å². The average molecular weight is 385 g/mol. The average Bonchev–Trinajstić information content (AvgIpc) is 3.34. The number of nitrogens with zero attached hydrogens (tertiary/aromatic N) is 1. The van der Waals surface area contributed by atoms with Crippen LogP contribution in [-0.2, 0) is 23.2 Å². The Morgan fingerprint density at radius 2 is 1.63 bits per heavy atom. The van der Waals surface area contributed by atoms with Crippen LogP contribution in [0.5, 0.6) is 0 Å². The number of quaternary nitrogens is 1. The summed E-state index contributed by atoms with van der Waals surface area (Å²) in [5.41, 5.74) is 5.44. The maximum atomic E-state index is 12.2. The van der Waals surface area contributed by atoms with Gasteiger partial charge < -0.3 is 5.11 Å². The molecule has 1 aliphatic carbocycles. The molecule has 1 N–H and O–H groups in total. The van der Waals surface area contributed by atoms with E-state index in [-0.39, 0.29) is 29.9 Å². The van der Waals surface area contributed by atoms with Crippen molar-refractivity contribution in [1.29, 1.82) is 0 Å². The van der Waals surface area contributed by atoms with Gasteiger partial charge in [-0.15, -0.1) is 12.4 Å². The van der Waals surface area contributed by atoms with E-state index in [4.69, 9.17) is 0 Å². The van der Waals surface area contributed by atoms with Gasteiger partial charge in [-0.2, -0.15) is 0 Å². The fourth-order valence-corrected chi connectivity index (χ4v) is 6.55.